The van der Waals surface area contributed by atoms with Crippen molar-refractivity contribution in [2.45, 2.75) is 25.1 Å². The number of nitrogens with zero attached hydrogens (tertiary/aromatic N) is 2. The van der Waals surface area contributed by atoms with Gasteiger partial charge in [0.05, 0.1) is 24.8 Å². The minimum Gasteiger partial charge on any atom is -0.468 e. The first-order valence-corrected chi connectivity index (χ1v) is 6.52. The van der Waals surface area contributed by atoms with Crippen LogP contribution < -0.4 is 0 Å². The summed E-state index contributed by atoms with van der Waals surface area (Å²) in [6.07, 6.45) is 0.645. The molecule has 1 fully saturated rings. The maximum Gasteiger partial charge on any atom is 0.323 e. The minimum absolute atomic E-state index is 0.0216. The van der Waals surface area contributed by atoms with Crippen LogP contribution in [0.1, 0.15) is 17.5 Å². The van der Waals surface area contributed by atoms with Crippen molar-refractivity contribution >= 4 is 5.97 Å². The van der Waals surface area contributed by atoms with E-state index in [1.807, 2.05) is 23.1 Å². The smallest absolute Gasteiger partial charge is 0.323 e. The molecule has 0 spiro atoms. The Kier molecular flexibility index (Phi) is 4.72. The molecular formula is C15H18N2O3. The van der Waals surface area contributed by atoms with Crippen molar-refractivity contribution < 1.29 is 14.3 Å². The van der Waals surface area contributed by atoms with Gasteiger partial charge in [0.2, 0.25) is 0 Å². The summed E-state index contributed by atoms with van der Waals surface area (Å²) in [5, 5.41) is 9.13. The first-order valence-electron chi connectivity index (χ1n) is 6.52. The number of carbonyl (C=O) groups is 1. The van der Waals surface area contributed by atoms with Crippen LogP contribution in [-0.2, 0) is 20.8 Å². The second-order valence-corrected chi connectivity index (χ2v) is 4.83. The molecule has 1 aromatic rings. The summed E-state index contributed by atoms with van der Waals surface area (Å²) in [7, 11) is 3.04. The Hall–Kier alpha value is -1.90. The van der Waals surface area contributed by atoms with Crippen LogP contribution in [0.15, 0.2) is 24.3 Å². The van der Waals surface area contributed by atoms with E-state index in [0.717, 1.165) is 5.56 Å². The van der Waals surface area contributed by atoms with Gasteiger partial charge in [0.15, 0.2) is 0 Å². The molecule has 0 bridgehead atoms. The molecule has 106 valence electrons. The summed E-state index contributed by atoms with van der Waals surface area (Å²) in [5.74, 6) is -0.251. The van der Waals surface area contributed by atoms with Gasteiger partial charge in [-0.2, -0.15) is 5.26 Å². The van der Waals surface area contributed by atoms with E-state index in [4.69, 9.17) is 14.7 Å². The van der Waals surface area contributed by atoms with Crippen molar-refractivity contribution in [3.8, 4) is 6.07 Å². The summed E-state index contributed by atoms with van der Waals surface area (Å²) < 4.78 is 10.2. The largest absolute Gasteiger partial charge is 0.468 e. The number of nitriles is 1. The standard InChI is InChI=1S/C15H18N2O3/c1-19-13-7-14(15(18)20-2)17(10-13)9-12-6-4-3-5-11(12)8-16/h3-6,13-14H,7,9-10H2,1-2H3/t13-,14+/m1/s1. The summed E-state index contributed by atoms with van der Waals surface area (Å²) in [6, 6.07) is 9.30. The second kappa shape index (κ2) is 6.51. The molecule has 5 heteroatoms. The number of carbonyl (C=O) groups excluding carboxylic acids is 1. The first kappa shape index (κ1) is 14.5. The van der Waals surface area contributed by atoms with Crippen LogP contribution in [-0.4, -0.2) is 43.8 Å². The van der Waals surface area contributed by atoms with Crippen LogP contribution in [0, 0.1) is 11.3 Å². The lowest BCUT2D eigenvalue weighted by Crippen LogP contribution is -2.36. The number of esters is 1. The van der Waals surface area contributed by atoms with Crippen molar-refractivity contribution in [3.63, 3.8) is 0 Å². The Morgan fingerprint density at radius 1 is 1.45 bits per heavy atom. The summed E-state index contributed by atoms with van der Waals surface area (Å²) in [5.41, 5.74) is 1.55. The van der Waals surface area contributed by atoms with Gasteiger partial charge in [-0.1, -0.05) is 18.2 Å². The first-order chi connectivity index (χ1) is 9.69. The molecule has 0 radical (unpaired) electrons. The van der Waals surface area contributed by atoms with Gasteiger partial charge in [0, 0.05) is 26.6 Å². The van der Waals surface area contributed by atoms with Crippen LogP contribution in [0.4, 0.5) is 0 Å². The molecule has 2 atom stereocenters. The molecule has 1 aliphatic rings. The highest BCUT2D eigenvalue weighted by Crippen LogP contribution is 2.24. The Morgan fingerprint density at radius 2 is 2.20 bits per heavy atom. The molecule has 0 saturated carbocycles. The summed E-state index contributed by atoms with van der Waals surface area (Å²) >= 11 is 0. The van der Waals surface area contributed by atoms with Crippen molar-refractivity contribution in [3.05, 3.63) is 35.4 Å². The van der Waals surface area contributed by atoms with Crippen molar-refractivity contribution in [1.29, 1.82) is 5.26 Å². The van der Waals surface area contributed by atoms with Crippen LogP contribution >= 0.6 is 0 Å². The normalized spacial score (nSPS) is 22.4. The van der Waals surface area contributed by atoms with E-state index in [-0.39, 0.29) is 18.1 Å². The molecule has 1 aliphatic heterocycles. The quantitative estimate of drug-likeness (QED) is 0.775. The van der Waals surface area contributed by atoms with Gasteiger partial charge in [-0.15, -0.1) is 0 Å². The number of benzene rings is 1. The SMILES string of the molecule is COC(=O)[C@@H]1C[C@@H](OC)CN1Cc1ccccc1C#N. The third-order valence-electron chi connectivity index (χ3n) is 3.68. The molecular weight excluding hydrogens is 256 g/mol. The van der Waals surface area contributed by atoms with Crippen molar-refractivity contribution in [2.24, 2.45) is 0 Å². The van der Waals surface area contributed by atoms with Gasteiger partial charge in [0.1, 0.15) is 6.04 Å². The average molecular weight is 274 g/mol. The van der Waals surface area contributed by atoms with Crippen molar-refractivity contribution in [1.82, 2.24) is 4.90 Å². The lowest BCUT2D eigenvalue weighted by Gasteiger charge is -2.22. The fraction of sp³-hybridized carbons (Fsp3) is 0.467. The molecule has 0 aliphatic carbocycles. The maximum absolute atomic E-state index is 11.8. The Bertz CT molecular complexity index is 524. The lowest BCUT2D eigenvalue weighted by molar-refractivity contribution is -0.146. The molecule has 0 aromatic heterocycles. The fourth-order valence-electron chi connectivity index (χ4n) is 2.57. The average Bonchev–Trinajstić information content (AvgIpc) is 2.90. The zero-order valence-corrected chi connectivity index (χ0v) is 11.7. The van der Waals surface area contributed by atoms with Crippen LogP contribution in [0.3, 0.4) is 0 Å². The van der Waals surface area contributed by atoms with Gasteiger partial charge >= 0.3 is 5.97 Å². The fourth-order valence-corrected chi connectivity index (χ4v) is 2.57. The topological polar surface area (TPSA) is 62.6 Å². The number of hydrogen-bond donors (Lipinski definition) is 0. The van der Waals surface area contributed by atoms with Crippen LogP contribution in [0.5, 0.6) is 0 Å². The van der Waals surface area contributed by atoms with Gasteiger partial charge in [-0.05, 0) is 11.6 Å². The van der Waals surface area contributed by atoms with E-state index >= 15 is 0 Å². The van der Waals surface area contributed by atoms with E-state index in [0.29, 0.717) is 25.1 Å². The Labute approximate surface area is 118 Å². The molecule has 2 rings (SSSR count). The van der Waals surface area contributed by atoms with E-state index in [2.05, 4.69) is 6.07 Å². The van der Waals surface area contributed by atoms with E-state index < -0.39 is 0 Å². The monoisotopic (exact) mass is 274 g/mol. The summed E-state index contributed by atoms with van der Waals surface area (Å²) in [4.78, 5) is 13.9. The van der Waals surface area contributed by atoms with Crippen LogP contribution in [0.25, 0.3) is 0 Å². The molecule has 20 heavy (non-hydrogen) atoms. The molecule has 5 nitrogen and oxygen atoms in total. The predicted molar refractivity (Wildman–Crippen MR) is 72.8 cm³/mol. The minimum atomic E-state index is -0.309. The zero-order chi connectivity index (χ0) is 14.5. The molecule has 0 amide bonds. The molecule has 1 aromatic carbocycles. The van der Waals surface area contributed by atoms with E-state index in [1.165, 1.54) is 7.11 Å². The molecule has 1 heterocycles. The predicted octanol–water partition coefficient (Wildman–Crippen LogP) is 1.32. The van der Waals surface area contributed by atoms with Gasteiger partial charge in [-0.3, -0.25) is 9.69 Å². The Balaban J connectivity index is 2.17. The van der Waals surface area contributed by atoms with Crippen LogP contribution in [0.2, 0.25) is 0 Å². The van der Waals surface area contributed by atoms with Crippen molar-refractivity contribution in [2.75, 3.05) is 20.8 Å². The Morgan fingerprint density at radius 3 is 2.85 bits per heavy atom. The van der Waals surface area contributed by atoms with E-state index in [1.54, 1.807) is 13.2 Å². The number of likely N-dealkylation sites (tertiary alicyclic amines) is 1. The highest BCUT2D eigenvalue weighted by atomic mass is 16.5. The summed E-state index contributed by atoms with van der Waals surface area (Å²) in [6.45, 7) is 1.21. The molecule has 0 unspecified atom stereocenters. The number of rotatable bonds is 4. The highest BCUT2D eigenvalue weighted by molar-refractivity contribution is 5.76. The third kappa shape index (κ3) is 2.98. The van der Waals surface area contributed by atoms with E-state index in [9.17, 15) is 4.79 Å². The zero-order valence-electron chi connectivity index (χ0n) is 11.7. The second-order valence-electron chi connectivity index (χ2n) is 4.83. The highest BCUT2D eigenvalue weighted by Gasteiger charge is 2.37. The third-order valence-corrected chi connectivity index (χ3v) is 3.68. The van der Waals surface area contributed by atoms with Gasteiger partial charge < -0.3 is 9.47 Å². The van der Waals surface area contributed by atoms with Gasteiger partial charge in [-0.25, -0.2) is 0 Å². The molecule has 0 N–H and O–H groups in total. The number of ether oxygens (including phenoxy) is 2. The molecule has 1 saturated heterocycles. The number of methoxy groups -OCH3 is 2. The number of hydrogen-bond acceptors (Lipinski definition) is 5. The maximum atomic E-state index is 11.8. The van der Waals surface area contributed by atoms with Gasteiger partial charge in [0.25, 0.3) is 0 Å². The lowest BCUT2D eigenvalue weighted by atomic mass is 10.1.